The van der Waals surface area contributed by atoms with Crippen molar-refractivity contribution in [3.63, 3.8) is 0 Å². The summed E-state index contributed by atoms with van der Waals surface area (Å²) in [6.45, 7) is 4.24. The first kappa shape index (κ1) is 19.9. The number of nitrogens with two attached hydrogens (primary N) is 1. The van der Waals surface area contributed by atoms with E-state index < -0.39 is 10.0 Å². The number of primary sulfonamides is 1. The summed E-state index contributed by atoms with van der Waals surface area (Å²) in [5.74, 6) is 0.671. The number of amides is 1. The van der Waals surface area contributed by atoms with E-state index in [9.17, 15) is 13.2 Å². The van der Waals surface area contributed by atoms with E-state index >= 15 is 0 Å². The zero-order valence-electron chi connectivity index (χ0n) is 14.9. The largest absolute Gasteiger partial charge is 0.494 e. The van der Waals surface area contributed by atoms with Crippen molar-refractivity contribution in [2.24, 2.45) is 5.14 Å². The van der Waals surface area contributed by atoms with Crippen LogP contribution in [-0.2, 0) is 14.8 Å². The average Bonchev–Trinajstić information content (AvgIpc) is 2.58. The Morgan fingerprint density at radius 1 is 1.19 bits per heavy atom. The van der Waals surface area contributed by atoms with E-state index in [0.29, 0.717) is 25.0 Å². The van der Waals surface area contributed by atoms with Crippen molar-refractivity contribution >= 4 is 15.9 Å². The fourth-order valence-electron chi connectivity index (χ4n) is 2.49. The first-order valence-corrected chi connectivity index (χ1v) is 9.92. The maximum atomic E-state index is 12.1. The van der Waals surface area contributed by atoms with E-state index in [1.54, 1.807) is 19.1 Å². The molecule has 1 unspecified atom stereocenters. The van der Waals surface area contributed by atoms with Gasteiger partial charge in [0.25, 0.3) is 0 Å². The van der Waals surface area contributed by atoms with E-state index in [0.717, 1.165) is 11.3 Å². The Morgan fingerprint density at radius 3 is 2.62 bits per heavy atom. The number of carbonyl (C=O) groups is 1. The van der Waals surface area contributed by atoms with Crippen LogP contribution in [0.15, 0.2) is 53.4 Å². The second kappa shape index (κ2) is 8.82. The van der Waals surface area contributed by atoms with Crippen LogP contribution in [0.3, 0.4) is 0 Å². The molecule has 3 N–H and O–H groups in total. The van der Waals surface area contributed by atoms with Gasteiger partial charge in [-0.25, -0.2) is 13.6 Å². The second-order valence-electron chi connectivity index (χ2n) is 6.18. The Hall–Kier alpha value is -2.38. The molecule has 2 aromatic rings. The van der Waals surface area contributed by atoms with Crippen LogP contribution in [0.1, 0.15) is 36.9 Å². The third kappa shape index (κ3) is 6.16. The van der Waals surface area contributed by atoms with E-state index in [1.807, 2.05) is 31.2 Å². The van der Waals surface area contributed by atoms with Crippen LogP contribution in [0.5, 0.6) is 5.75 Å². The van der Waals surface area contributed by atoms with Crippen molar-refractivity contribution in [3.05, 3.63) is 59.7 Å². The lowest BCUT2D eigenvalue weighted by Gasteiger charge is -2.15. The van der Waals surface area contributed by atoms with Crippen molar-refractivity contribution in [1.82, 2.24) is 5.32 Å². The van der Waals surface area contributed by atoms with Gasteiger partial charge in [0.15, 0.2) is 0 Å². The summed E-state index contributed by atoms with van der Waals surface area (Å²) >= 11 is 0. The highest BCUT2D eigenvalue weighted by Crippen LogP contribution is 2.17. The first-order chi connectivity index (χ1) is 12.3. The number of hydrogen-bond acceptors (Lipinski definition) is 4. The van der Waals surface area contributed by atoms with Crippen LogP contribution in [0.4, 0.5) is 0 Å². The minimum Gasteiger partial charge on any atom is -0.494 e. The number of ether oxygens (including phenoxy) is 1. The summed E-state index contributed by atoms with van der Waals surface area (Å²) in [6, 6.07) is 13.7. The van der Waals surface area contributed by atoms with Gasteiger partial charge in [-0.3, -0.25) is 4.79 Å². The molecular formula is C19H24N2O4S. The third-order valence-electron chi connectivity index (χ3n) is 3.87. The molecule has 0 radical (unpaired) electrons. The summed E-state index contributed by atoms with van der Waals surface area (Å²) < 4.78 is 28.5. The summed E-state index contributed by atoms with van der Waals surface area (Å²) in [5.41, 5.74) is 1.80. The van der Waals surface area contributed by atoms with E-state index in [-0.39, 0.29) is 16.8 Å². The molecule has 0 aromatic heterocycles. The number of rotatable bonds is 8. The molecule has 0 spiro atoms. The number of benzene rings is 2. The number of hydrogen-bond donors (Lipinski definition) is 2. The van der Waals surface area contributed by atoms with Gasteiger partial charge in [0, 0.05) is 6.42 Å². The van der Waals surface area contributed by atoms with Gasteiger partial charge in [-0.2, -0.15) is 0 Å². The summed E-state index contributed by atoms with van der Waals surface area (Å²) in [4.78, 5) is 12.1. The van der Waals surface area contributed by atoms with Crippen LogP contribution in [-0.4, -0.2) is 20.9 Å². The Labute approximate surface area is 154 Å². The van der Waals surface area contributed by atoms with Gasteiger partial charge in [0.2, 0.25) is 15.9 Å². The Bertz CT molecular complexity index is 865. The van der Waals surface area contributed by atoms with Gasteiger partial charge in [0.1, 0.15) is 5.75 Å². The van der Waals surface area contributed by atoms with E-state index in [1.165, 1.54) is 12.1 Å². The van der Waals surface area contributed by atoms with E-state index in [4.69, 9.17) is 9.88 Å². The van der Waals surface area contributed by atoms with Gasteiger partial charge in [-0.1, -0.05) is 24.3 Å². The molecule has 2 aromatic carbocycles. The molecule has 6 nitrogen and oxygen atoms in total. The fourth-order valence-corrected chi connectivity index (χ4v) is 3.05. The smallest absolute Gasteiger partial charge is 0.238 e. The van der Waals surface area contributed by atoms with Gasteiger partial charge in [-0.15, -0.1) is 0 Å². The minimum atomic E-state index is -3.76. The SMILES string of the molecule is Cc1cccc(OCCCC(=O)NC(C)c2cccc(S(N)(=O)=O)c2)c1. The Balaban J connectivity index is 1.80. The molecule has 7 heteroatoms. The molecule has 0 aliphatic carbocycles. The van der Waals surface area contributed by atoms with Crippen molar-refractivity contribution in [3.8, 4) is 5.75 Å². The molecule has 26 heavy (non-hydrogen) atoms. The molecule has 2 rings (SSSR count). The molecule has 1 atom stereocenters. The third-order valence-corrected chi connectivity index (χ3v) is 4.78. The quantitative estimate of drug-likeness (QED) is 0.692. The summed E-state index contributed by atoms with van der Waals surface area (Å²) in [7, 11) is -3.76. The number of carbonyl (C=O) groups excluding carboxylic acids is 1. The van der Waals surface area contributed by atoms with Crippen LogP contribution in [0, 0.1) is 6.92 Å². The minimum absolute atomic E-state index is 0.0302. The zero-order valence-corrected chi connectivity index (χ0v) is 15.8. The van der Waals surface area contributed by atoms with Gasteiger partial charge < -0.3 is 10.1 Å². The fraction of sp³-hybridized carbons (Fsp3) is 0.316. The topological polar surface area (TPSA) is 98.5 Å². The molecular weight excluding hydrogens is 352 g/mol. The Morgan fingerprint density at radius 2 is 1.92 bits per heavy atom. The van der Waals surface area contributed by atoms with Crippen molar-refractivity contribution in [1.29, 1.82) is 0 Å². The molecule has 0 saturated carbocycles. The van der Waals surface area contributed by atoms with Crippen LogP contribution in [0.2, 0.25) is 0 Å². The number of aryl methyl sites for hydroxylation is 1. The van der Waals surface area contributed by atoms with Gasteiger partial charge >= 0.3 is 0 Å². The lowest BCUT2D eigenvalue weighted by atomic mass is 10.1. The van der Waals surface area contributed by atoms with E-state index in [2.05, 4.69) is 5.32 Å². The highest BCUT2D eigenvalue weighted by atomic mass is 32.2. The molecule has 1 amide bonds. The van der Waals surface area contributed by atoms with Gasteiger partial charge in [0.05, 0.1) is 17.5 Å². The highest BCUT2D eigenvalue weighted by Gasteiger charge is 2.13. The molecule has 0 aliphatic heterocycles. The summed E-state index contributed by atoms with van der Waals surface area (Å²) in [5, 5.41) is 7.99. The Kier molecular flexibility index (Phi) is 6.76. The lowest BCUT2D eigenvalue weighted by Crippen LogP contribution is -2.27. The number of nitrogens with one attached hydrogen (secondary N) is 1. The molecule has 0 aliphatic rings. The van der Waals surface area contributed by atoms with Gasteiger partial charge in [-0.05, 0) is 55.7 Å². The molecule has 0 saturated heterocycles. The molecule has 140 valence electrons. The van der Waals surface area contributed by atoms with Crippen LogP contribution < -0.4 is 15.2 Å². The zero-order chi connectivity index (χ0) is 19.2. The van der Waals surface area contributed by atoms with Crippen molar-refractivity contribution < 1.29 is 17.9 Å². The molecule has 0 fully saturated rings. The molecule has 0 bridgehead atoms. The maximum absolute atomic E-state index is 12.1. The maximum Gasteiger partial charge on any atom is 0.238 e. The number of sulfonamides is 1. The first-order valence-electron chi connectivity index (χ1n) is 8.37. The second-order valence-corrected chi connectivity index (χ2v) is 7.74. The van der Waals surface area contributed by atoms with Crippen molar-refractivity contribution in [2.45, 2.75) is 37.6 Å². The lowest BCUT2D eigenvalue weighted by molar-refractivity contribution is -0.121. The predicted molar refractivity (Wildman–Crippen MR) is 100 cm³/mol. The predicted octanol–water partition coefficient (Wildman–Crippen LogP) is 2.68. The monoisotopic (exact) mass is 376 g/mol. The standard InChI is InChI=1S/C19H24N2O4S/c1-14-6-3-8-17(12-14)25-11-5-10-19(22)21-15(2)16-7-4-9-18(13-16)26(20,23)24/h3-4,6-9,12-13,15H,5,10-11H2,1-2H3,(H,21,22)(H2,20,23,24). The highest BCUT2D eigenvalue weighted by molar-refractivity contribution is 7.89. The average molecular weight is 376 g/mol. The molecule has 0 heterocycles. The normalized spacial score (nSPS) is 12.4. The van der Waals surface area contributed by atoms with Crippen molar-refractivity contribution in [2.75, 3.05) is 6.61 Å². The van der Waals surface area contributed by atoms with Crippen LogP contribution in [0.25, 0.3) is 0 Å². The van der Waals surface area contributed by atoms with Crippen LogP contribution >= 0.6 is 0 Å². The summed E-state index contributed by atoms with van der Waals surface area (Å²) in [6.07, 6.45) is 0.911.